The first-order chi connectivity index (χ1) is 10.5. The summed E-state index contributed by atoms with van der Waals surface area (Å²) in [5.74, 6) is -0.706. The number of ether oxygens (including phenoxy) is 2. The average molecular weight is 327 g/mol. The van der Waals surface area contributed by atoms with Gasteiger partial charge in [0.1, 0.15) is 5.75 Å². The lowest BCUT2D eigenvalue weighted by Gasteiger charge is -2.10. The van der Waals surface area contributed by atoms with Crippen LogP contribution < -0.4 is 4.74 Å². The van der Waals surface area contributed by atoms with Gasteiger partial charge in [-0.1, -0.05) is 23.7 Å². The van der Waals surface area contributed by atoms with Crippen molar-refractivity contribution in [1.82, 2.24) is 0 Å². The van der Waals surface area contributed by atoms with E-state index in [1.807, 2.05) is 6.07 Å². The van der Waals surface area contributed by atoms with E-state index in [4.69, 9.17) is 11.6 Å². The van der Waals surface area contributed by atoms with Crippen LogP contribution in [0.5, 0.6) is 5.75 Å². The molecule has 0 unspecified atom stereocenters. The molecule has 0 aliphatic carbocycles. The van der Waals surface area contributed by atoms with Crippen molar-refractivity contribution in [3.63, 3.8) is 0 Å². The Balaban J connectivity index is 2.34. The van der Waals surface area contributed by atoms with Gasteiger partial charge in [0.25, 0.3) is 0 Å². The summed E-state index contributed by atoms with van der Waals surface area (Å²) in [5, 5.41) is 0.575. The van der Waals surface area contributed by atoms with Crippen molar-refractivity contribution in [1.29, 1.82) is 0 Å². The average Bonchev–Trinajstić information content (AvgIpc) is 2.45. The van der Waals surface area contributed by atoms with Gasteiger partial charge in [0.05, 0.1) is 12.7 Å². The quantitative estimate of drug-likeness (QED) is 0.768. The third-order valence-corrected chi connectivity index (χ3v) is 3.14. The topological polar surface area (TPSA) is 35.5 Å². The van der Waals surface area contributed by atoms with Gasteiger partial charge in [-0.3, -0.25) is 0 Å². The summed E-state index contributed by atoms with van der Waals surface area (Å²) in [6, 6.07) is 11.4. The second-order valence-corrected chi connectivity index (χ2v) is 4.98. The van der Waals surface area contributed by atoms with Crippen LogP contribution in [-0.4, -0.2) is 19.7 Å². The van der Waals surface area contributed by atoms with E-state index in [9.17, 15) is 13.6 Å². The Hall–Kier alpha value is -2.14. The Morgan fingerprint density at radius 3 is 2.59 bits per heavy atom. The third-order valence-electron chi connectivity index (χ3n) is 2.91. The van der Waals surface area contributed by atoms with E-state index >= 15 is 0 Å². The van der Waals surface area contributed by atoms with Gasteiger partial charge < -0.3 is 9.47 Å². The zero-order valence-electron chi connectivity index (χ0n) is 11.7. The van der Waals surface area contributed by atoms with E-state index < -0.39 is 12.6 Å². The molecule has 2 aromatic carbocycles. The smallest absolute Gasteiger partial charge is 0.387 e. The lowest BCUT2D eigenvalue weighted by molar-refractivity contribution is -0.0499. The normalized spacial score (nSPS) is 10.6. The van der Waals surface area contributed by atoms with Crippen LogP contribution in [0.25, 0.3) is 0 Å². The molecule has 0 amide bonds. The number of halogens is 3. The zero-order valence-corrected chi connectivity index (χ0v) is 12.4. The first-order valence-corrected chi connectivity index (χ1v) is 6.77. The highest BCUT2D eigenvalue weighted by atomic mass is 35.5. The first-order valence-electron chi connectivity index (χ1n) is 6.39. The Bertz CT molecular complexity index is 674. The number of carbonyl (C=O) groups excluding carboxylic acids is 1. The number of alkyl halides is 2. The molecule has 0 N–H and O–H groups in total. The SMILES string of the molecule is COC(=O)c1cc(Cc2cccc(Cl)c2)cc(OC(F)F)c1. The minimum absolute atomic E-state index is 0.0880. The molecule has 0 aliphatic heterocycles. The van der Waals surface area contributed by atoms with Crippen LogP contribution in [0, 0.1) is 0 Å². The molecular weight excluding hydrogens is 314 g/mol. The van der Waals surface area contributed by atoms with E-state index in [0.717, 1.165) is 5.56 Å². The highest BCUT2D eigenvalue weighted by Crippen LogP contribution is 2.23. The fourth-order valence-corrected chi connectivity index (χ4v) is 2.26. The van der Waals surface area contributed by atoms with Crippen LogP contribution in [0.2, 0.25) is 5.02 Å². The highest BCUT2D eigenvalue weighted by molar-refractivity contribution is 6.30. The summed E-state index contributed by atoms with van der Waals surface area (Å²) in [5.41, 5.74) is 1.68. The molecule has 0 saturated heterocycles. The fraction of sp³-hybridized carbons (Fsp3) is 0.188. The maximum Gasteiger partial charge on any atom is 0.387 e. The monoisotopic (exact) mass is 326 g/mol. The van der Waals surface area contributed by atoms with Crippen molar-refractivity contribution in [2.75, 3.05) is 7.11 Å². The van der Waals surface area contributed by atoms with Crippen molar-refractivity contribution in [3.05, 3.63) is 64.2 Å². The Kier molecular flexibility index (Phi) is 5.33. The number of hydrogen-bond acceptors (Lipinski definition) is 3. The second kappa shape index (κ2) is 7.22. The first kappa shape index (κ1) is 16.2. The van der Waals surface area contributed by atoms with E-state index in [1.165, 1.54) is 19.2 Å². The summed E-state index contributed by atoms with van der Waals surface area (Å²) in [4.78, 5) is 11.6. The molecular formula is C16H13ClF2O3. The van der Waals surface area contributed by atoms with Crippen LogP contribution in [0.4, 0.5) is 8.78 Å². The van der Waals surface area contributed by atoms with E-state index in [1.54, 1.807) is 24.3 Å². The molecule has 6 heteroatoms. The zero-order chi connectivity index (χ0) is 16.1. The molecule has 0 bridgehead atoms. The fourth-order valence-electron chi connectivity index (χ4n) is 2.05. The van der Waals surface area contributed by atoms with Crippen molar-refractivity contribution in [3.8, 4) is 5.75 Å². The molecule has 2 aromatic rings. The molecule has 0 aromatic heterocycles. The molecule has 116 valence electrons. The van der Waals surface area contributed by atoms with Crippen molar-refractivity contribution >= 4 is 17.6 Å². The van der Waals surface area contributed by atoms with Crippen LogP contribution in [0.15, 0.2) is 42.5 Å². The van der Waals surface area contributed by atoms with Crippen LogP contribution >= 0.6 is 11.6 Å². The van der Waals surface area contributed by atoms with Gasteiger partial charge >= 0.3 is 12.6 Å². The van der Waals surface area contributed by atoms with Gasteiger partial charge in [-0.25, -0.2) is 4.79 Å². The van der Waals surface area contributed by atoms with Gasteiger partial charge in [0, 0.05) is 5.02 Å². The van der Waals surface area contributed by atoms with E-state index in [2.05, 4.69) is 9.47 Å². The number of esters is 1. The Morgan fingerprint density at radius 1 is 1.18 bits per heavy atom. The molecule has 0 radical (unpaired) electrons. The van der Waals surface area contributed by atoms with Gasteiger partial charge in [-0.2, -0.15) is 8.78 Å². The van der Waals surface area contributed by atoms with Crippen LogP contribution in [-0.2, 0) is 11.2 Å². The maximum atomic E-state index is 12.4. The van der Waals surface area contributed by atoms with Gasteiger partial charge in [-0.15, -0.1) is 0 Å². The second-order valence-electron chi connectivity index (χ2n) is 4.54. The number of rotatable bonds is 5. The minimum Gasteiger partial charge on any atom is -0.465 e. The molecule has 0 heterocycles. The van der Waals surface area contributed by atoms with Crippen molar-refractivity contribution in [2.24, 2.45) is 0 Å². The summed E-state index contributed by atoms with van der Waals surface area (Å²) >= 11 is 5.92. The number of benzene rings is 2. The largest absolute Gasteiger partial charge is 0.465 e. The summed E-state index contributed by atoms with van der Waals surface area (Å²) < 4.78 is 33.8. The predicted octanol–water partition coefficient (Wildman–Crippen LogP) is 4.32. The summed E-state index contributed by atoms with van der Waals surface area (Å²) in [6.45, 7) is -2.97. The van der Waals surface area contributed by atoms with Crippen LogP contribution in [0.1, 0.15) is 21.5 Å². The van der Waals surface area contributed by atoms with Crippen molar-refractivity contribution < 1.29 is 23.0 Å². The number of carbonyl (C=O) groups is 1. The molecule has 3 nitrogen and oxygen atoms in total. The van der Waals surface area contributed by atoms with Gasteiger partial charge in [-0.05, 0) is 47.9 Å². The molecule has 0 aliphatic rings. The Labute approximate surface area is 131 Å². The molecule has 0 spiro atoms. The Morgan fingerprint density at radius 2 is 1.95 bits per heavy atom. The standard InChI is InChI=1S/C16H13ClF2O3/c1-21-15(20)12-6-11(8-14(9-12)22-16(18)19)5-10-3-2-4-13(17)7-10/h2-4,6-9,16H,5H2,1H3. The summed E-state index contributed by atoms with van der Waals surface area (Å²) in [7, 11) is 1.22. The lowest BCUT2D eigenvalue weighted by atomic mass is 10.0. The highest BCUT2D eigenvalue weighted by Gasteiger charge is 2.13. The summed E-state index contributed by atoms with van der Waals surface area (Å²) in [6.07, 6.45) is 0.422. The van der Waals surface area contributed by atoms with Crippen molar-refractivity contribution in [2.45, 2.75) is 13.0 Å². The number of methoxy groups -OCH3 is 1. The van der Waals surface area contributed by atoms with Gasteiger partial charge in [0.15, 0.2) is 0 Å². The van der Waals surface area contributed by atoms with E-state index in [-0.39, 0.29) is 11.3 Å². The minimum atomic E-state index is -2.97. The molecule has 0 fully saturated rings. The molecule has 0 saturated carbocycles. The molecule has 2 rings (SSSR count). The van der Waals surface area contributed by atoms with E-state index in [0.29, 0.717) is 17.0 Å². The lowest BCUT2D eigenvalue weighted by Crippen LogP contribution is -2.06. The van der Waals surface area contributed by atoms with Gasteiger partial charge in [0.2, 0.25) is 0 Å². The number of hydrogen-bond donors (Lipinski definition) is 0. The third kappa shape index (κ3) is 4.43. The maximum absolute atomic E-state index is 12.4. The van der Waals surface area contributed by atoms with Crippen LogP contribution in [0.3, 0.4) is 0 Å². The predicted molar refractivity (Wildman–Crippen MR) is 78.7 cm³/mol. The molecule has 22 heavy (non-hydrogen) atoms. The molecule has 0 atom stereocenters.